The van der Waals surface area contributed by atoms with E-state index in [4.69, 9.17) is 28.6 Å². The number of pyridine rings is 1. The van der Waals surface area contributed by atoms with Crippen LogP contribution in [0.4, 0.5) is 11.4 Å². The van der Waals surface area contributed by atoms with E-state index in [2.05, 4.69) is 31.6 Å². The summed E-state index contributed by atoms with van der Waals surface area (Å²) in [6.45, 7) is 5.02. The first-order valence-corrected chi connectivity index (χ1v) is 19.4. The number of hydrogen-bond donors (Lipinski definition) is 7. The molecule has 3 fully saturated rings. The predicted octanol–water partition coefficient (Wildman–Crippen LogP) is 3.11. The van der Waals surface area contributed by atoms with Gasteiger partial charge in [0.2, 0.25) is 23.6 Å². The first-order chi connectivity index (χ1) is 26.1. The van der Waals surface area contributed by atoms with Crippen LogP contribution in [0.1, 0.15) is 72.1 Å². The minimum absolute atomic E-state index is 0.0201. The van der Waals surface area contributed by atoms with E-state index in [0.717, 1.165) is 44.9 Å². The number of likely N-dealkylation sites (tertiary alicyclic amines) is 1. The summed E-state index contributed by atoms with van der Waals surface area (Å²) >= 11 is 11.6. The third kappa shape index (κ3) is 11.5. The molecule has 1 saturated heterocycles. The highest BCUT2D eigenvalue weighted by Gasteiger charge is 2.47. The zero-order valence-electron chi connectivity index (χ0n) is 31.1. The summed E-state index contributed by atoms with van der Waals surface area (Å²) in [4.78, 5) is 72.0. The minimum Gasteiger partial charge on any atom is -0.472 e. The van der Waals surface area contributed by atoms with Gasteiger partial charge < -0.3 is 41.3 Å². The van der Waals surface area contributed by atoms with Gasteiger partial charge in [-0.3, -0.25) is 19.2 Å². The van der Waals surface area contributed by atoms with Crippen LogP contribution in [-0.2, 0) is 19.2 Å². The Bertz CT molecular complexity index is 1730. The number of rotatable bonds is 14. The summed E-state index contributed by atoms with van der Waals surface area (Å²) in [6, 6.07) is 6.36. The molecule has 55 heavy (non-hydrogen) atoms. The monoisotopic (exact) mass is 801 g/mol. The lowest BCUT2D eigenvalue weighted by atomic mass is 9.82. The molecule has 1 aromatic carbocycles. The number of carbonyl (C=O) groups excluding carboxylic acids is 4. The lowest BCUT2D eigenvalue weighted by molar-refractivity contribution is -0.729. The Morgan fingerprint density at radius 2 is 1.75 bits per heavy atom. The predicted molar refractivity (Wildman–Crippen MR) is 207 cm³/mol. The second-order valence-corrected chi connectivity index (χ2v) is 16.3. The van der Waals surface area contributed by atoms with Gasteiger partial charge in [-0.2, -0.15) is 0 Å². The average molecular weight is 802 g/mol. The summed E-state index contributed by atoms with van der Waals surface area (Å²) in [5.41, 5.74) is -0.684. The van der Waals surface area contributed by atoms with Gasteiger partial charge in [0.25, 0.3) is 10.8 Å². The van der Waals surface area contributed by atoms with E-state index >= 15 is 0 Å². The van der Waals surface area contributed by atoms with Gasteiger partial charge >= 0.3 is 5.69 Å². The molecule has 18 heteroatoms. The summed E-state index contributed by atoms with van der Waals surface area (Å²) in [5, 5.41) is 34.8. The number of thiocarbonyl (C=S) groups is 1. The van der Waals surface area contributed by atoms with Crippen molar-refractivity contribution in [3.63, 3.8) is 0 Å². The fourth-order valence-electron chi connectivity index (χ4n) is 6.87. The third-order valence-electron chi connectivity index (χ3n) is 9.98. The number of aliphatic hydroxyl groups excluding tert-OH is 1. The molecule has 5 rings (SSSR count). The Kier molecular flexibility index (Phi) is 13.9. The molecule has 1 aliphatic heterocycles. The number of nitrogens with zero attached hydrogens (tertiary/aromatic N) is 3. The Balaban J connectivity index is 1.35. The number of carbonyl (C=O) groups is 4. The second kappa shape index (κ2) is 18.3. The fraction of sp³-hybridized carbons (Fsp3) is 0.568. The summed E-state index contributed by atoms with van der Waals surface area (Å²) < 4.78 is 6.07. The lowest BCUT2D eigenvalue weighted by Crippen LogP contribution is -2.61. The Hall–Kier alpha value is -4.61. The van der Waals surface area contributed by atoms with E-state index in [9.17, 15) is 34.4 Å². The topological polar surface area (TPSA) is 214 Å². The molecule has 0 radical (unpaired) electrons. The van der Waals surface area contributed by atoms with Gasteiger partial charge in [0, 0.05) is 30.8 Å². The number of aliphatic hydroxyl groups is 1. The van der Waals surface area contributed by atoms with Crippen LogP contribution in [0.25, 0.3) is 0 Å². The molecule has 2 aliphatic carbocycles. The zero-order valence-corrected chi connectivity index (χ0v) is 32.7. The fourth-order valence-corrected chi connectivity index (χ4v) is 7.22. The number of benzene rings is 1. The molecule has 5 atom stereocenters. The van der Waals surface area contributed by atoms with Crippen LogP contribution in [0.3, 0.4) is 0 Å². The number of hydrogen-bond acceptors (Lipinski definition) is 9. The maximum absolute atomic E-state index is 14.6. The Labute approximate surface area is 330 Å². The Morgan fingerprint density at radius 3 is 2.38 bits per heavy atom. The van der Waals surface area contributed by atoms with Crippen LogP contribution in [0.5, 0.6) is 5.88 Å². The van der Waals surface area contributed by atoms with Crippen molar-refractivity contribution in [3.05, 3.63) is 52.5 Å². The van der Waals surface area contributed by atoms with Crippen LogP contribution in [0, 0.1) is 16.2 Å². The SMILES string of the molecule is CC(C)(C)[C@H](NC(=O)[C@@H](NC(=S)Nc1ccccc1[N+](=O)O)C1CCCCC1)C(=O)N1C[C@H](Oc2ccc(Cl)cn2)C[C@H]1C(=O)NCC(O)C(=O)NC1CC1. The van der Waals surface area contributed by atoms with Crippen molar-refractivity contribution in [2.45, 2.75) is 109 Å². The van der Waals surface area contributed by atoms with E-state index in [1.54, 1.807) is 51.1 Å². The summed E-state index contributed by atoms with van der Waals surface area (Å²) in [7, 11) is 0. The van der Waals surface area contributed by atoms with Crippen LogP contribution in [0.15, 0.2) is 42.6 Å². The molecule has 2 aromatic rings. The molecule has 1 unspecified atom stereocenters. The van der Waals surface area contributed by atoms with Crippen molar-refractivity contribution in [3.8, 4) is 5.88 Å². The standard InChI is InChI=1S/C37H49ClN8O8S/c1-37(2,3)31(44-34(50)30(21-9-5-4-6-10-21)43-36(55)42-25-11-7-8-12-26(25)46(52)53)35(51)45-20-24(54-29-16-13-22(38)18-39-29)17-27(45)32(48)40-19-28(47)33(49)41-23-14-15-23/h7-8,11-13,16,18,21,23-24,27-28,30-31,47H,4-6,9-10,14-15,17,19-20H2,1-3H3,(H5-,40,41,42,43,44,48,49,50,52,53,55)/p+1/t24-,27+,28?,30+,31-/m1/s1. The van der Waals surface area contributed by atoms with Gasteiger partial charge in [-0.15, -0.1) is 0 Å². The number of halogens is 1. The number of para-hydroxylation sites is 2. The first-order valence-electron chi connectivity index (χ1n) is 18.6. The molecular formula is C37H50ClN8O8S+. The normalized spacial score (nSPS) is 20.3. The first kappa shape index (κ1) is 41.6. The van der Waals surface area contributed by atoms with Gasteiger partial charge in [-0.05, 0) is 61.4 Å². The van der Waals surface area contributed by atoms with Crippen molar-refractivity contribution >= 4 is 63.9 Å². The van der Waals surface area contributed by atoms with E-state index in [-0.39, 0.29) is 58.8 Å². The zero-order chi connectivity index (χ0) is 39.9. The van der Waals surface area contributed by atoms with Crippen LogP contribution >= 0.6 is 23.8 Å². The summed E-state index contributed by atoms with van der Waals surface area (Å²) in [5.74, 6) is -2.09. The molecule has 7 N–H and O–H groups in total. The minimum atomic E-state index is -1.48. The average Bonchev–Trinajstić information content (AvgIpc) is 3.87. The van der Waals surface area contributed by atoms with Gasteiger partial charge in [0.05, 0.1) is 23.0 Å². The number of ether oxygens (including phenoxy) is 1. The van der Waals surface area contributed by atoms with Crippen molar-refractivity contribution in [1.82, 2.24) is 31.2 Å². The van der Waals surface area contributed by atoms with Crippen molar-refractivity contribution in [2.24, 2.45) is 11.3 Å². The largest absolute Gasteiger partial charge is 0.472 e. The second-order valence-electron chi connectivity index (χ2n) is 15.4. The lowest BCUT2D eigenvalue weighted by Gasteiger charge is -2.37. The molecule has 298 valence electrons. The van der Waals surface area contributed by atoms with Gasteiger partial charge in [0.1, 0.15) is 36.0 Å². The number of anilines is 1. The highest BCUT2D eigenvalue weighted by atomic mass is 35.5. The number of nitrogens with one attached hydrogen (secondary N) is 5. The van der Waals surface area contributed by atoms with Crippen molar-refractivity contribution in [2.75, 3.05) is 18.4 Å². The quantitative estimate of drug-likeness (QED) is 0.109. The van der Waals surface area contributed by atoms with E-state index in [1.165, 1.54) is 17.2 Å². The van der Waals surface area contributed by atoms with E-state index in [0.29, 0.717) is 5.02 Å². The Morgan fingerprint density at radius 1 is 1.04 bits per heavy atom. The molecule has 0 bridgehead atoms. The maximum atomic E-state index is 14.6. The molecule has 4 amide bonds. The molecular weight excluding hydrogens is 752 g/mol. The molecule has 1 aromatic heterocycles. The number of amides is 4. The van der Waals surface area contributed by atoms with E-state index in [1.807, 2.05) is 0 Å². The molecule has 2 saturated carbocycles. The smallest absolute Gasteiger partial charge is 0.339 e. The number of aromatic nitrogens is 1. The summed E-state index contributed by atoms with van der Waals surface area (Å²) in [6.07, 6.45) is 5.31. The molecule has 16 nitrogen and oxygen atoms in total. The third-order valence-corrected chi connectivity index (χ3v) is 10.4. The van der Waals surface area contributed by atoms with Crippen LogP contribution in [0.2, 0.25) is 5.02 Å². The molecule has 2 heterocycles. The maximum Gasteiger partial charge on any atom is 0.339 e. The molecule has 3 aliphatic rings. The van der Waals surface area contributed by atoms with Crippen molar-refractivity contribution in [1.29, 1.82) is 0 Å². The van der Waals surface area contributed by atoms with E-state index < -0.39 is 59.4 Å². The highest BCUT2D eigenvalue weighted by Crippen LogP contribution is 2.31. The van der Waals surface area contributed by atoms with Gasteiger partial charge in [-0.1, -0.05) is 63.8 Å². The van der Waals surface area contributed by atoms with Crippen LogP contribution in [-0.4, -0.2) is 103 Å². The van der Waals surface area contributed by atoms with Crippen LogP contribution < -0.4 is 31.3 Å². The van der Waals surface area contributed by atoms with Gasteiger partial charge in [0.15, 0.2) is 5.11 Å². The van der Waals surface area contributed by atoms with Gasteiger partial charge in [-0.25, -0.2) is 10.2 Å². The van der Waals surface area contributed by atoms with Crippen molar-refractivity contribution < 1.29 is 39.2 Å². The molecule has 0 spiro atoms. The highest BCUT2D eigenvalue weighted by molar-refractivity contribution is 7.80.